The topological polar surface area (TPSA) is 78.4 Å². The fourth-order valence-electron chi connectivity index (χ4n) is 1.44. The number of carbonyl (C=O) groups is 2. The standard InChI is InChI=1S/C11H6BrIN2O3S/c12-6-2-4(3-7(13)8(6)16)1-5-9(17)14-11(19)15-10(5)18/h1-3,16H,(H2,14,15,17,18,19). The molecule has 3 N–H and O–H groups in total. The summed E-state index contributed by atoms with van der Waals surface area (Å²) in [7, 11) is 0. The third kappa shape index (κ3) is 3.12. The second-order valence-corrected chi connectivity index (χ2v) is 6.05. The van der Waals surface area contributed by atoms with Crippen LogP contribution in [0.25, 0.3) is 6.08 Å². The van der Waals surface area contributed by atoms with E-state index in [0.717, 1.165) is 0 Å². The lowest BCUT2D eigenvalue weighted by atomic mass is 10.1. The number of hydrogen-bond donors (Lipinski definition) is 3. The molecule has 0 unspecified atom stereocenters. The van der Waals surface area contributed by atoms with Crippen molar-refractivity contribution in [1.29, 1.82) is 0 Å². The summed E-state index contributed by atoms with van der Waals surface area (Å²) in [6.07, 6.45) is 1.43. The Kier molecular flexibility index (Phi) is 4.21. The predicted molar refractivity (Wildman–Crippen MR) is 85.4 cm³/mol. The van der Waals surface area contributed by atoms with Crippen molar-refractivity contribution in [1.82, 2.24) is 10.6 Å². The normalized spacial score (nSPS) is 15.1. The average Bonchev–Trinajstić information content (AvgIpc) is 2.30. The van der Waals surface area contributed by atoms with Crippen LogP contribution in [0.1, 0.15) is 5.56 Å². The fourth-order valence-corrected chi connectivity index (χ4v) is 3.13. The van der Waals surface area contributed by atoms with Crippen molar-refractivity contribution in [2.75, 3.05) is 0 Å². The molecule has 8 heteroatoms. The Morgan fingerprint density at radius 1 is 1.26 bits per heavy atom. The maximum absolute atomic E-state index is 11.7. The number of nitrogens with one attached hydrogen (secondary N) is 2. The third-order valence-corrected chi connectivity index (χ3v) is 3.92. The van der Waals surface area contributed by atoms with Gasteiger partial charge in [-0.2, -0.15) is 0 Å². The van der Waals surface area contributed by atoms with Crippen LogP contribution in [-0.4, -0.2) is 22.0 Å². The first-order valence-corrected chi connectivity index (χ1v) is 7.23. The van der Waals surface area contributed by atoms with Crippen LogP contribution in [0.3, 0.4) is 0 Å². The minimum atomic E-state index is -0.548. The highest BCUT2D eigenvalue weighted by Crippen LogP contribution is 2.31. The van der Waals surface area contributed by atoms with Gasteiger partial charge in [-0.15, -0.1) is 0 Å². The molecule has 1 aliphatic heterocycles. The Balaban J connectivity index is 2.43. The van der Waals surface area contributed by atoms with Gasteiger partial charge in [0.05, 0.1) is 8.04 Å². The Morgan fingerprint density at radius 3 is 2.37 bits per heavy atom. The molecule has 1 aromatic rings. The van der Waals surface area contributed by atoms with Gasteiger partial charge in [-0.1, -0.05) is 0 Å². The molecule has 1 heterocycles. The van der Waals surface area contributed by atoms with Crippen molar-refractivity contribution in [3.05, 3.63) is 31.3 Å². The van der Waals surface area contributed by atoms with Crippen LogP contribution in [-0.2, 0) is 9.59 Å². The van der Waals surface area contributed by atoms with E-state index in [9.17, 15) is 14.7 Å². The molecule has 1 fully saturated rings. The molecule has 98 valence electrons. The number of phenols is 1. The molecule has 0 saturated carbocycles. The maximum Gasteiger partial charge on any atom is 0.263 e. The third-order valence-electron chi connectivity index (χ3n) is 2.29. The van der Waals surface area contributed by atoms with Crippen LogP contribution in [0.5, 0.6) is 5.75 Å². The number of hydrogen-bond acceptors (Lipinski definition) is 4. The Labute approximate surface area is 135 Å². The van der Waals surface area contributed by atoms with E-state index in [1.54, 1.807) is 12.1 Å². The van der Waals surface area contributed by atoms with E-state index < -0.39 is 11.8 Å². The Morgan fingerprint density at radius 2 is 1.84 bits per heavy atom. The van der Waals surface area contributed by atoms with Gasteiger partial charge in [-0.25, -0.2) is 0 Å². The van der Waals surface area contributed by atoms with E-state index in [4.69, 9.17) is 12.2 Å². The molecule has 0 atom stereocenters. The number of halogens is 2. The van der Waals surface area contributed by atoms with Gasteiger partial charge in [0.25, 0.3) is 11.8 Å². The quantitative estimate of drug-likeness (QED) is 0.262. The summed E-state index contributed by atoms with van der Waals surface area (Å²) in [6, 6.07) is 3.26. The number of aromatic hydroxyl groups is 1. The molecule has 1 aromatic carbocycles. The first kappa shape index (κ1) is 14.4. The van der Waals surface area contributed by atoms with Crippen LogP contribution >= 0.6 is 50.7 Å². The van der Waals surface area contributed by atoms with Crippen LogP contribution in [0, 0.1) is 3.57 Å². The van der Waals surface area contributed by atoms with Crippen molar-refractivity contribution in [3.63, 3.8) is 0 Å². The smallest absolute Gasteiger partial charge is 0.263 e. The van der Waals surface area contributed by atoms with Crippen molar-refractivity contribution >= 4 is 73.7 Å². The lowest BCUT2D eigenvalue weighted by Gasteiger charge is -2.16. The van der Waals surface area contributed by atoms with Crippen molar-refractivity contribution in [2.24, 2.45) is 0 Å². The van der Waals surface area contributed by atoms with Crippen molar-refractivity contribution < 1.29 is 14.7 Å². The van der Waals surface area contributed by atoms with E-state index in [1.807, 2.05) is 22.6 Å². The van der Waals surface area contributed by atoms with E-state index in [1.165, 1.54) is 6.08 Å². The summed E-state index contributed by atoms with van der Waals surface area (Å²) >= 11 is 9.85. The predicted octanol–water partition coefficient (Wildman–Crippen LogP) is 1.67. The first-order chi connectivity index (χ1) is 8.88. The number of thiocarbonyl (C=S) groups is 1. The zero-order valence-corrected chi connectivity index (χ0v) is 13.7. The second-order valence-electron chi connectivity index (χ2n) is 3.63. The monoisotopic (exact) mass is 452 g/mol. The largest absolute Gasteiger partial charge is 0.506 e. The lowest BCUT2D eigenvalue weighted by Crippen LogP contribution is -2.51. The Hall–Kier alpha value is -1.000. The minimum Gasteiger partial charge on any atom is -0.506 e. The molecule has 0 spiro atoms. The summed E-state index contributed by atoms with van der Waals surface area (Å²) in [5, 5.41) is 14.3. The molecule has 0 aromatic heterocycles. The van der Waals surface area contributed by atoms with Gasteiger partial charge in [-0.05, 0) is 74.5 Å². The molecular formula is C11H6BrIN2O3S. The van der Waals surface area contributed by atoms with E-state index in [-0.39, 0.29) is 16.4 Å². The summed E-state index contributed by atoms with van der Waals surface area (Å²) in [4.78, 5) is 23.3. The lowest BCUT2D eigenvalue weighted by molar-refractivity contribution is -0.123. The highest BCUT2D eigenvalue weighted by atomic mass is 127. The van der Waals surface area contributed by atoms with Crippen LogP contribution < -0.4 is 10.6 Å². The van der Waals surface area contributed by atoms with Gasteiger partial charge < -0.3 is 5.11 Å². The molecule has 5 nitrogen and oxygen atoms in total. The van der Waals surface area contributed by atoms with Gasteiger partial charge >= 0.3 is 0 Å². The van der Waals surface area contributed by atoms with Gasteiger partial charge in [0, 0.05) is 0 Å². The Bertz CT molecular complexity index is 600. The van der Waals surface area contributed by atoms with Crippen molar-refractivity contribution in [3.8, 4) is 5.75 Å². The number of benzene rings is 1. The van der Waals surface area contributed by atoms with Crippen LogP contribution in [0.15, 0.2) is 22.2 Å². The number of amides is 2. The summed E-state index contributed by atoms with van der Waals surface area (Å²) in [5.41, 5.74) is 0.573. The first-order valence-electron chi connectivity index (χ1n) is 4.95. The molecule has 2 rings (SSSR count). The SMILES string of the molecule is O=C1NC(=S)NC(=O)C1=Cc1cc(Br)c(O)c(I)c1. The molecule has 1 saturated heterocycles. The zero-order chi connectivity index (χ0) is 14.2. The summed E-state index contributed by atoms with van der Waals surface area (Å²) in [6.45, 7) is 0. The molecular weight excluding hydrogens is 447 g/mol. The van der Waals surface area contributed by atoms with Crippen molar-refractivity contribution in [2.45, 2.75) is 0 Å². The van der Waals surface area contributed by atoms with Crippen LogP contribution in [0.4, 0.5) is 0 Å². The summed E-state index contributed by atoms with van der Waals surface area (Å²) < 4.78 is 1.09. The minimum absolute atomic E-state index is 0.00591. The zero-order valence-electron chi connectivity index (χ0n) is 9.16. The number of rotatable bonds is 1. The molecule has 0 aliphatic carbocycles. The molecule has 19 heavy (non-hydrogen) atoms. The second kappa shape index (κ2) is 5.55. The molecule has 1 aliphatic rings. The molecule has 0 radical (unpaired) electrons. The van der Waals surface area contributed by atoms with Crippen LogP contribution in [0.2, 0.25) is 0 Å². The highest BCUT2D eigenvalue weighted by Gasteiger charge is 2.25. The van der Waals surface area contributed by atoms with E-state index in [2.05, 4.69) is 26.6 Å². The van der Waals surface area contributed by atoms with Gasteiger partial charge in [-0.3, -0.25) is 20.2 Å². The number of carbonyl (C=O) groups excluding carboxylic acids is 2. The van der Waals surface area contributed by atoms with E-state index >= 15 is 0 Å². The van der Waals surface area contributed by atoms with E-state index in [0.29, 0.717) is 13.6 Å². The summed E-state index contributed by atoms with van der Waals surface area (Å²) in [5.74, 6) is -0.984. The molecule has 0 bridgehead atoms. The number of phenolic OH excluding ortho intramolecular Hbond substituents is 1. The molecule has 2 amide bonds. The van der Waals surface area contributed by atoms with Gasteiger partial charge in [0.1, 0.15) is 11.3 Å². The average molecular weight is 453 g/mol. The maximum atomic E-state index is 11.7. The fraction of sp³-hybridized carbons (Fsp3) is 0. The highest BCUT2D eigenvalue weighted by molar-refractivity contribution is 14.1. The van der Waals surface area contributed by atoms with Gasteiger partial charge in [0.15, 0.2) is 5.11 Å². The van der Waals surface area contributed by atoms with Gasteiger partial charge in [0.2, 0.25) is 0 Å².